The fourth-order valence-corrected chi connectivity index (χ4v) is 3.86. The molecule has 0 bridgehead atoms. The first-order valence-electron chi connectivity index (χ1n) is 4.91. The Hall–Kier alpha value is -1.65. The number of hydrogen-bond acceptors (Lipinski definition) is 7. The van der Waals surface area contributed by atoms with Crippen molar-refractivity contribution in [3.63, 3.8) is 0 Å². The summed E-state index contributed by atoms with van der Waals surface area (Å²) in [6.07, 6.45) is 1.56. The molecule has 19 heavy (non-hydrogen) atoms. The van der Waals surface area contributed by atoms with Crippen LogP contribution in [0.4, 0.5) is 6.01 Å². The summed E-state index contributed by atoms with van der Waals surface area (Å²) in [7, 11) is -3.95. The lowest BCUT2D eigenvalue weighted by Crippen LogP contribution is -2.15. The topological polar surface area (TPSA) is 102 Å². The van der Waals surface area contributed by atoms with E-state index in [9.17, 15) is 8.42 Å². The predicted octanol–water partition coefficient (Wildman–Crippen LogP) is 1.54. The van der Waals surface area contributed by atoms with E-state index in [0.29, 0.717) is 4.96 Å². The van der Waals surface area contributed by atoms with Crippen LogP contribution in [-0.2, 0) is 10.0 Å². The number of nitrogens with one attached hydrogen (secondary N) is 1. The van der Waals surface area contributed by atoms with Gasteiger partial charge in [-0.25, -0.2) is 9.71 Å². The fraction of sp³-hybridized carbons (Fsp3) is 0.125. The lowest BCUT2D eigenvalue weighted by molar-refractivity contribution is 0.534. The van der Waals surface area contributed by atoms with Gasteiger partial charge in [0.25, 0.3) is 10.0 Å². The van der Waals surface area contributed by atoms with Crippen molar-refractivity contribution in [1.82, 2.24) is 19.6 Å². The van der Waals surface area contributed by atoms with E-state index in [1.54, 1.807) is 18.5 Å². The largest absolute Gasteiger partial charge is 0.408 e. The number of fused-ring (bicyclic) bond motifs is 1. The van der Waals surface area contributed by atoms with Gasteiger partial charge in [-0.05, 0) is 0 Å². The van der Waals surface area contributed by atoms with Crippen molar-refractivity contribution in [2.45, 2.75) is 11.9 Å². The van der Waals surface area contributed by atoms with Gasteiger partial charge in [0, 0.05) is 18.5 Å². The first kappa shape index (κ1) is 12.4. The summed E-state index contributed by atoms with van der Waals surface area (Å²) in [5.41, 5.74) is 0. The smallest absolute Gasteiger partial charge is 0.329 e. The molecule has 0 aromatic carbocycles. The van der Waals surface area contributed by atoms with Gasteiger partial charge in [-0.1, -0.05) is 16.7 Å². The molecule has 0 aliphatic heterocycles. The van der Waals surface area contributed by atoms with Crippen molar-refractivity contribution in [2.75, 3.05) is 4.72 Å². The Morgan fingerprint density at radius 3 is 2.95 bits per heavy atom. The molecule has 0 atom stereocenters. The van der Waals surface area contributed by atoms with Crippen LogP contribution in [-0.4, -0.2) is 28.0 Å². The van der Waals surface area contributed by atoms with Gasteiger partial charge < -0.3 is 4.42 Å². The van der Waals surface area contributed by atoms with E-state index in [1.165, 1.54) is 15.7 Å². The number of aryl methyl sites for hydroxylation is 1. The van der Waals surface area contributed by atoms with Crippen LogP contribution in [0.2, 0.25) is 5.15 Å². The number of hydrogen-bond donors (Lipinski definition) is 1. The second-order valence-electron chi connectivity index (χ2n) is 3.50. The van der Waals surface area contributed by atoms with Crippen molar-refractivity contribution in [1.29, 1.82) is 0 Å². The highest BCUT2D eigenvalue weighted by molar-refractivity contribution is 7.92. The maximum Gasteiger partial charge on any atom is 0.329 e. The van der Waals surface area contributed by atoms with Gasteiger partial charge in [0.2, 0.25) is 5.89 Å². The van der Waals surface area contributed by atoms with Crippen molar-refractivity contribution in [3.05, 3.63) is 22.6 Å². The standard InChI is InChI=1S/C8H6ClN5O3S2/c1-4-11-12-7(17-4)13-19(15,16)6-5(9)10-8-14(6)2-3-18-8/h2-3H,1H3,(H,12,13). The molecule has 100 valence electrons. The molecule has 11 heteroatoms. The number of aromatic nitrogens is 4. The first-order valence-corrected chi connectivity index (χ1v) is 7.65. The van der Waals surface area contributed by atoms with E-state index in [4.69, 9.17) is 16.0 Å². The van der Waals surface area contributed by atoms with Gasteiger partial charge in [-0.3, -0.25) is 4.40 Å². The molecule has 0 radical (unpaired) electrons. The Labute approximate surface area is 116 Å². The van der Waals surface area contributed by atoms with Crippen LogP contribution in [0.15, 0.2) is 21.0 Å². The minimum atomic E-state index is -3.95. The molecule has 3 aromatic heterocycles. The maximum absolute atomic E-state index is 12.2. The summed E-state index contributed by atoms with van der Waals surface area (Å²) in [5.74, 6) is 0.248. The number of anilines is 1. The Morgan fingerprint density at radius 2 is 2.26 bits per heavy atom. The van der Waals surface area contributed by atoms with Crippen LogP contribution >= 0.6 is 22.9 Å². The molecule has 0 fully saturated rings. The minimum Gasteiger partial charge on any atom is -0.408 e. The van der Waals surface area contributed by atoms with Crippen LogP contribution in [0, 0.1) is 6.92 Å². The maximum atomic E-state index is 12.2. The summed E-state index contributed by atoms with van der Waals surface area (Å²) >= 11 is 7.13. The van der Waals surface area contributed by atoms with Crippen molar-refractivity contribution in [3.8, 4) is 0 Å². The molecular formula is C8H6ClN5O3S2. The van der Waals surface area contributed by atoms with Gasteiger partial charge in [0.1, 0.15) is 0 Å². The Kier molecular flexibility index (Phi) is 2.73. The number of nitrogens with zero attached hydrogens (tertiary/aromatic N) is 4. The normalized spacial score (nSPS) is 12.1. The zero-order chi connectivity index (χ0) is 13.6. The molecule has 0 aliphatic carbocycles. The summed E-state index contributed by atoms with van der Waals surface area (Å²) in [6.45, 7) is 1.55. The lowest BCUT2D eigenvalue weighted by atomic mass is 10.8. The zero-order valence-corrected chi connectivity index (χ0v) is 11.8. The second-order valence-corrected chi connectivity index (χ2v) is 6.32. The third kappa shape index (κ3) is 2.07. The average Bonchev–Trinajstić information content (AvgIpc) is 2.93. The van der Waals surface area contributed by atoms with Crippen LogP contribution in [0.3, 0.4) is 0 Å². The monoisotopic (exact) mass is 319 g/mol. The molecule has 1 N–H and O–H groups in total. The van der Waals surface area contributed by atoms with Gasteiger partial charge in [-0.2, -0.15) is 8.42 Å². The van der Waals surface area contributed by atoms with E-state index in [1.807, 2.05) is 0 Å². The molecule has 3 aromatic rings. The lowest BCUT2D eigenvalue weighted by Gasteiger charge is -2.02. The third-order valence-corrected chi connectivity index (χ3v) is 4.66. The van der Waals surface area contributed by atoms with E-state index in [2.05, 4.69) is 19.9 Å². The molecule has 0 amide bonds. The highest BCUT2D eigenvalue weighted by Gasteiger charge is 2.26. The molecule has 0 saturated heterocycles. The van der Waals surface area contributed by atoms with Gasteiger partial charge in [-0.15, -0.1) is 16.4 Å². The van der Waals surface area contributed by atoms with Crippen LogP contribution in [0.1, 0.15) is 5.89 Å². The Bertz CT molecular complexity index is 849. The molecule has 0 saturated carbocycles. The van der Waals surface area contributed by atoms with Crippen molar-refractivity contribution >= 4 is 43.9 Å². The van der Waals surface area contributed by atoms with Crippen LogP contribution in [0.5, 0.6) is 0 Å². The van der Waals surface area contributed by atoms with E-state index in [0.717, 1.165) is 0 Å². The van der Waals surface area contributed by atoms with Gasteiger partial charge in [0.15, 0.2) is 15.1 Å². The SMILES string of the molecule is Cc1nnc(NS(=O)(=O)c2c(Cl)nc3sccn23)o1. The van der Waals surface area contributed by atoms with Crippen LogP contribution in [0.25, 0.3) is 4.96 Å². The summed E-state index contributed by atoms with van der Waals surface area (Å²) in [6, 6.07) is -0.223. The number of halogens is 1. The number of rotatable bonds is 3. The minimum absolute atomic E-state index is 0.115. The van der Waals surface area contributed by atoms with E-state index in [-0.39, 0.29) is 22.1 Å². The second kappa shape index (κ2) is 4.18. The van der Waals surface area contributed by atoms with Crippen molar-refractivity contribution < 1.29 is 12.8 Å². The molecule has 0 unspecified atom stereocenters. The summed E-state index contributed by atoms with van der Waals surface area (Å²) in [4.78, 5) is 4.43. The van der Waals surface area contributed by atoms with Crippen molar-refractivity contribution in [2.24, 2.45) is 0 Å². The highest BCUT2D eigenvalue weighted by Crippen LogP contribution is 2.26. The number of sulfonamides is 1. The summed E-state index contributed by atoms with van der Waals surface area (Å²) < 4.78 is 32.9. The first-order chi connectivity index (χ1) is 8.97. The predicted molar refractivity (Wildman–Crippen MR) is 67.9 cm³/mol. The van der Waals surface area contributed by atoms with Crippen LogP contribution < -0.4 is 4.72 Å². The molecule has 3 rings (SSSR count). The molecule has 8 nitrogen and oxygen atoms in total. The summed E-state index contributed by atoms with van der Waals surface area (Å²) in [5, 5.41) is 8.51. The molecule has 0 aliphatic rings. The Balaban J connectivity index is 2.09. The van der Waals surface area contributed by atoms with E-state index < -0.39 is 10.0 Å². The number of imidazole rings is 1. The van der Waals surface area contributed by atoms with E-state index >= 15 is 0 Å². The highest BCUT2D eigenvalue weighted by atomic mass is 35.5. The average molecular weight is 320 g/mol. The molecular weight excluding hydrogens is 314 g/mol. The zero-order valence-electron chi connectivity index (χ0n) is 9.36. The Morgan fingerprint density at radius 1 is 1.47 bits per heavy atom. The quantitative estimate of drug-likeness (QED) is 0.785. The third-order valence-electron chi connectivity index (χ3n) is 2.18. The van der Waals surface area contributed by atoms with Gasteiger partial charge in [0.05, 0.1) is 0 Å². The van der Waals surface area contributed by atoms with Gasteiger partial charge >= 0.3 is 6.01 Å². The molecule has 0 spiro atoms. The fourth-order valence-electron chi connectivity index (χ4n) is 1.48. The molecule has 3 heterocycles. The number of thiazole rings is 1.